The SMILES string of the molecule is CCC(CC)(COc1cc(Cl)c(Br)cc1Cl)CS(N)(=O)=O. The number of primary sulfonamides is 1. The molecular weight excluding hydrogens is 401 g/mol. The fourth-order valence-electron chi connectivity index (χ4n) is 1.97. The molecule has 0 aliphatic heterocycles. The molecule has 0 amide bonds. The third kappa shape index (κ3) is 5.60. The quantitative estimate of drug-likeness (QED) is 0.673. The molecule has 0 heterocycles. The van der Waals surface area contributed by atoms with E-state index in [0.717, 1.165) is 0 Å². The lowest BCUT2D eigenvalue weighted by molar-refractivity contribution is 0.154. The van der Waals surface area contributed by atoms with Crippen LogP contribution in [0.25, 0.3) is 0 Å². The van der Waals surface area contributed by atoms with Crippen LogP contribution in [0.5, 0.6) is 5.75 Å². The fraction of sp³-hybridized carbons (Fsp3) is 0.538. The molecular formula is C13H18BrCl2NO3S. The molecule has 0 aliphatic rings. The lowest BCUT2D eigenvalue weighted by atomic mass is 9.85. The van der Waals surface area contributed by atoms with Crippen LogP contribution >= 0.6 is 39.1 Å². The maximum atomic E-state index is 11.4. The molecule has 1 rings (SSSR count). The molecule has 0 unspecified atom stereocenters. The Balaban J connectivity index is 2.95. The highest BCUT2D eigenvalue weighted by atomic mass is 79.9. The Morgan fingerprint density at radius 3 is 2.29 bits per heavy atom. The van der Waals surface area contributed by atoms with Crippen LogP contribution < -0.4 is 9.88 Å². The summed E-state index contributed by atoms with van der Waals surface area (Å²) >= 11 is 15.4. The first-order chi connectivity index (χ1) is 9.62. The zero-order chi connectivity index (χ0) is 16.3. The van der Waals surface area contributed by atoms with Crippen LogP contribution in [0.4, 0.5) is 0 Å². The first-order valence-electron chi connectivity index (χ1n) is 6.40. The Morgan fingerprint density at radius 1 is 1.24 bits per heavy atom. The number of benzene rings is 1. The number of rotatable bonds is 7. The second kappa shape index (κ2) is 7.51. The summed E-state index contributed by atoms with van der Waals surface area (Å²) in [6.45, 7) is 4.02. The fourth-order valence-corrected chi connectivity index (χ4v) is 4.16. The summed E-state index contributed by atoms with van der Waals surface area (Å²) in [6, 6.07) is 3.24. The Labute approximate surface area is 144 Å². The molecule has 0 saturated carbocycles. The normalized spacial score (nSPS) is 12.5. The molecule has 1 aromatic rings. The van der Waals surface area contributed by atoms with E-state index in [1.807, 2.05) is 13.8 Å². The van der Waals surface area contributed by atoms with E-state index in [4.69, 9.17) is 33.1 Å². The second-order valence-electron chi connectivity index (χ2n) is 5.00. The molecule has 0 saturated heterocycles. The molecule has 0 bridgehead atoms. The van der Waals surface area contributed by atoms with Crippen molar-refractivity contribution in [2.24, 2.45) is 10.6 Å². The highest BCUT2D eigenvalue weighted by Gasteiger charge is 2.32. The first-order valence-corrected chi connectivity index (χ1v) is 9.66. The van der Waals surface area contributed by atoms with E-state index in [1.54, 1.807) is 12.1 Å². The van der Waals surface area contributed by atoms with Gasteiger partial charge < -0.3 is 4.74 Å². The van der Waals surface area contributed by atoms with Gasteiger partial charge in [0.05, 0.1) is 22.4 Å². The van der Waals surface area contributed by atoms with Crippen LogP contribution in [0.15, 0.2) is 16.6 Å². The van der Waals surface area contributed by atoms with Gasteiger partial charge in [-0.2, -0.15) is 0 Å². The van der Waals surface area contributed by atoms with Gasteiger partial charge in [-0.15, -0.1) is 0 Å². The lowest BCUT2D eigenvalue weighted by Gasteiger charge is -2.30. The molecule has 0 atom stereocenters. The van der Waals surface area contributed by atoms with Crippen molar-refractivity contribution in [2.45, 2.75) is 26.7 Å². The number of sulfonamides is 1. The minimum absolute atomic E-state index is 0.130. The average Bonchev–Trinajstić information content (AvgIpc) is 2.38. The van der Waals surface area contributed by atoms with Gasteiger partial charge in [0.2, 0.25) is 10.0 Å². The van der Waals surface area contributed by atoms with Crippen molar-refractivity contribution in [1.29, 1.82) is 0 Å². The van der Waals surface area contributed by atoms with Gasteiger partial charge in [-0.3, -0.25) is 0 Å². The van der Waals surface area contributed by atoms with Gasteiger partial charge in [-0.05, 0) is 34.8 Å². The Hall–Kier alpha value is -0.0100. The van der Waals surface area contributed by atoms with Gasteiger partial charge in [0.25, 0.3) is 0 Å². The minimum Gasteiger partial charge on any atom is -0.491 e. The minimum atomic E-state index is -3.58. The molecule has 0 aromatic heterocycles. The zero-order valence-electron chi connectivity index (χ0n) is 11.8. The number of nitrogens with two attached hydrogens (primary N) is 1. The molecule has 0 fully saturated rings. The average molecular weight is 419 g/mol. The van der Waals surface area contributed by atoms with Gasteiger partial charge >= 0.3 is 0 Å². The summed E-state index contributed by atoms with van der Waals surface area (Å²) in [5.41, 5.74) is -0.545. The lowest BCUT2D eigenvalue weighted by Crippen LogP contribution is -2.37. The summed E-state index contributed by atoms with van der Waals surface area (Å²) < 4.78 is 29.2. The van der Waals surface area contributed by atoms with E-state index in [2.05, 4.69) is 15.9 Å². The van der Waals surface area contributed by atoms with Gasteiger partial charge in [0.1, 0.15) is 5.75 Å². The summed E-state index contributed by atoms with van der Waals surface area (Å²) in [7, 11) is -3.58. The van der Waals surface area contributed by atoms with Crippen molar-refractivity contribution in [3.05, 3.63) is 26.7 Å². The van der Waals surface area contributed by atoms with E-state index >= 15 is 0 Å². The van der Waals surface area contributed by atoms with Crippen LogP contribution in [-0.2, 0) is 10.0 Å². The summed E-state index contributed by atoms with van der Waals surface area (Å²) in [5, 5.41) is 6.06. The predicted molar refractivity (Wildman–Crippen MR) is 90.6 cm³/mol. The molecule has 0 radical (unpaired) electrons. The molecule has 4 nitrogen and oxygen atoms in total. The van der Waals surface area contributed by atoms with Gasteiger partial charge in [-0.25, -0.2) is 13.6 Å². The van der Waals surface area contributed by atoms with Gasteiger partial charge in [0, 0.05) is 16.0 Å². The summed E-state index contributed by atoms with van der Waals surface area (Å²) in [6.07, 6.45) is 1.25. The molecule has 1 aromatic carbocycles. The highest BCUT2D eigenvalue weighted by molar-refractivity contribution is 9.10. The van der Waals surface area contributed by atoms with Crippen molar-refractivity contribution < 1.29 is 13.2 Å². The standard InChI is InChI=1S/C13H18BrCl2NO3S/c1-3-13(4-2,8-21(17,18)19)7-20-12-6-10(15)9(14)5-11(12)16/h5-6H,3-4,7-8H2,1-2H3,(H2,17,18,19). The molecule has 120 valence electrons. The number of hydrogen-bond donors (Lipinski definition) is 1. The Bertz CT molecular complexity index is 604. The summed E-state index contributed by atoms with van der Waals surface area (Å²) in [4.78, 5) is 0. The second-order valence-corrected chi connectivity index (χ2v) is 8.28. The number of ether oxygens (including phenoxy) is 1. The number of hydrogen-bond acceptors (Lipinski definition) is 3. The zero-order valence-corrected chi connectivity index (χ0v) is 15.7. The molecule has 0 spiro atoms. The predicted octanol–water partition coefficient (Wildman–Crippen LogP) is 4.23. The van der Waals surface area contributed by atoms with E-state index in [-0.39, 0.29) is 12.4 Å². The van der Waals surface area contributed by atoms with E-state index in [0.29, 0.717) is 33.1 Å². The van der Waals surface area contributed by atoms with E-state index in [1.165, 1.54) is 0 Å². The molecule has 8 heteroatoms. The smallest absolute Gasteiger partial charge is 0.209 e. The largest absolute Gasteiger partial charge is 0.491 e. The van der Waals surface area contributed by atoms with Crippen molar-refractivity contribution in [3.8, 4) is 5.75 Å². The van der Waals surface area contributed by atoms with Crippen LogP contribution in [0, 0.1) is 5.41 Å². The Morgan fingerprint density at radius 2 is 1.81 bits per heavy atom. The van der Waals surface area contributed by atoms with Crippen LogP contribution in [0.2, 0.25) is 10.0 Å². The van der Waals surface area contributed by atoms with Crippen molar-refractivity contribution in [3.63, 3.8) is 0 Å². The van der Waals surface area contributed by atoms with Gasteiger partial charge in [-0.1, -0.05) is 37.0 Å². The Kier molecular flexibility index (Phi) is 6.80. The maximum absolute atomic E-state index is 11.4. The summed E-state index contributed by atoms with van der Waals surface area (Å²) in [5.74, 6) is 0.292. The maximum Gasteiger partial charge on any atom is 0.209 e. The van der Waals surface area contributed by atoms with Crippen molar-refractivity contribution in [1.82, 2.24) is 0 Å². The monoisotopic (exact) mass is 417 g/mol. The number of halogens is 3. The first kappa shape index (κ1) is 19.0. The third-order valence-corrected chi connectivity index (χ3v) is 6.02. The van der Waals surface area contributed by atoms with E-state index in [9.17, 15) is 8.42 Å². The van der Waals surface area contributed by atoms with Gasteiger partial charge in [0.15, 0.2) is 0 Å². The van der Waals surface area contributed by atoms with Crippen LogP contribution in [0.3, 0.4) is 0 Å². The third-order valence-electron chi connectivity index (χ3n) is 3.52. The molecule has 21 heavy (non-hydrogen) atoms. The van der Waals surface area contributed by atoms with Crippen LogP contribution in [-0.4, -0.2) is 20.8 Å². The van der Waals surface area contributed by atoms with Crippen molar-refractivity contribution in [2.75, 3.05) is 12.4 Å². The molecule has 0 aliphatic carbocycles. The highest BCUT2D eigenvalue weighted by Crippen LogP contribution is 2.36. The van der Waals surface area contributed by atoms with E-state index < -0.39 is 15.4 Å². The van der Waals surface area contributed by atoms with Crippen LogP contribution in [0.1, 0.15) is 26.7 Å². The molecule has 2 N–H and O–H groups in total. The topological polar surface area (TPSA) is 69.4 Å². The van der Waals surface area contributed by atoms with Crippen molar-refractivity contribution >= 4 is 49.2 Å².